The van der Waals surface area contributed by atoms with E-state index in [4.69, 9.17) is 18.9 Å². The number of carboxylic acids is 1. The van der Waals surface area contributed by atoms with Gasteiger partial charge in [-0.05, 0) is 67.4 Å². The zero-order valence-corrected chi connectivity index (χ0v) is 33.8. The molecule has 0 saturated carbocycles. The molecule has 0 unspecified atom stereocenters. The summed E-state index contributed by atoms with van der Waals surface area (Å²) in [5.41, 5.74) is 9.27. The molecule has 0 spiro atoms. The van der Waals surface area contributed by atoms with E-state index in [0.717, 1.165) is 33.1 Å². The Morgan fingerprint density at radius 3 is 1.52 bits per heavy atom. The highest BCUT2D eigenvalue weighted by atomic mass is 127. The van der Waals surface area contributed by atoms with Crippen LogP contribution in [0.15, 0.2) is 78.9 Å². The zero-order chi connectivity index (χ0) is 38.0. The van der Waals surface area contributed by atoms with Gasteiger partial charge in [-0.1, -0.05) is 12.1 Å². The number of pyridine rings is 2. The highest BCUT2D eigenvalue weighted by Crippen LogP contribution is 2.48. The van der Waals surface area contributed by atoms with Gasteiger partial charge >= 0.3 is 13.8 Å². The second-order valence-electron chi connectivity index (χ2n) is 12.6. The van der Waals surface area contributed by atoms with Crippen LogP contribution in [-0.2, 0) is 32.5 Å². The molecule has 278 valence electrons. The number of carboxylic acid groups (broad SMARTS) is 1. The smallest absolute Gasteiger partial charge is 0.430 e. The number of alkyl halides is 3. The molecule has 4 aromatic carbocycles. The van der Waals surface area contributed by atoms with E-state index in [1.54, 1.807) is 0 Å². The van der Waals surface area contributed by atoms with Crippen molar-refractivity contribution in [3.05, 3.63) is 90.0 Å². The topological polar surface area (TPSA) is 89.9 Å². The van der Waals surface area contributed by atoms with Gasteiger partial charge < -0.3 is 52.7 Å². The van der Waals surface area contributed by atoms with Crippen molar-refractivity contribution in [2.24, 2.45) is 14.1 Å². The lowest BCUT2D eigenvalue weighted by Crippen LogP contribution is -3.00. The Bertz CT molecular complexity index is 2310. The van der Waals surface area contributed by atoms with E-state index >= 15 is 0 Å². The third-order valence-electron chi connectivity index (χ3n) is 8.62. The molecule has 6 rings (SSSR count). The number of nitrogens with zero attached hydrogens (tertiary/aromatic N) is 4. The summed E-state index contributed by atoms with van der Waals surface area (Å²) in [5.74, 6) is -3.01. The molecule has 0 amide bonds. The summed E-state index contributed by atoms with van der Waals surface area (Å²) in [6.07, 6.45) is -5.19. The molecule has 0 aliphatic rings. The van der Waals surface area contributed by atoms with Gasteiger partial charge in [0.1, 0.15) is 20.1 Å². The summed E-state index contributed by atoms with van der Waals surface area (Å²) in [6, 6.07) is 27.7. The number of hydrogen-bond donors (Lipinski definition) is 0. The molecule has 0 saturated heterocycles. The van der Waals surface area contributed by atoms with Crippen molar-refractivity contribution in [1.29, 1.82) is 0 Å². The van der Waals surface area contributed by atoms with Crippen molar-refractivity contribution in [1.82, 2.24) is 0 Å². The van der Waals surface area contributed by atoms with Gasteiger partial charge in [-0.25, -0.2) is 0 Å². The van der Waals surface area contributed by atoms with Crippen LogP contribution in [0.25, 0.3) is 43.6 Å². The molecule has 9 nitrogen and oxygen atoms in total. The fourth-order valence-electron chi connectivity index (χ4n) is 5.81. The summed E-state index contributed by atoms with van der Waals surface area (Å²) in [7, 11) is 11.8. The van der Waals surface area contributed by atoms with Crippen LogP contribution in [0.2, 0.25) is 0 Å². The number of aryl methyl sites for hydroxylation is 4. The van der Waals surface area contributed by atoms with Gasteiger partial charge in [-0.2, -0.15) is 22.3 Å². The first-order valence-electron chi connectivity index (χ1n) is 15.9. The number of aromatic nitrogens is 2. The second-order valence-corrected chi connectivity index (χ2v) is 14.7. The number of aliphatic carboxylic acids is 1. The minimum absolute atomic E-state index is 0. The van der Waals surface area contributed by atoms with E-state index in [-0.39, 0.29) is 24.0 Å². The van der Waals surface area contributed by atoms with Gasteiger partial charge in [0.2, 0.25) is 22.1 Å². The van der Waals surface area contributed by atoms with Crippen LogP contribution in [0.1, 0.15) is 11.1 Å². The monoisotopic (exact) mass is 850 g/mol. The quantitative estimate of drug-likeness (QED) is 0.114. The molecule has 0 bridgehead atoms. The number of halogens is 4. The van der Waals surface area contributed by atoms with E-state index in [1.165, 1.54) is 47.3 Å². The van der Waals surface area contributed by atoms with Crippen LogP contribution in [-0.4, -0.2) is 54.6 Å². The molecule has 0 aliphatic carbocycles. The number of carbonyl (C=O) groups is 1. The number of carbonyl (C=O) groups excluding carboxylic acids is 1. The van der Waals surface area contributed by atoms with E-state index < -0.39 is 19.7 Å². The van der Waals surface area contributed by atoms with Crippen molar-refractivity contribution < 1.29 is 69.8 Å². The summed E-state index contributed by atoms with van der Waals surface area (Å²) < 4.78 is 60.0. The van der Waals surface area contributed by atoms with Gasteiger partial charge in [0.25, 0.3) is 0 Å². The average Bonchev–Trinajstić information content (AvgIpc) is 3.08. The summed E-state index contributed by atoms with van der Waals surface area (Å²) >= 11 is 0. The Morgan fingerprint density at radius 1 is 0.673 bits per heavy atom. The van der Waals surface area contributed by atoms with Crippen LogP contribution in [0.3, 0.4) is 0 Å². The van der Waals surface area contributed by atoms with Crippen LogP contribution in [0, 0.1) is 13.8 Å². The van der Waals surface area contributed by atoms with Crippen LogP contribution >= 0.6 is 7.60 Å². The Morgan fingerprint density at radius 2 is 1.04 bits per heavy atom. The molecule has 0 N–H and O–H groups in total. The van der Waals surface area contributed by atoms with Crippen LogP contribution in [0.4, 0.5) is 24.5 Å². The van der Waals surface area contributed by atoms with Gasteiger partial charge in [0.05, 0.1) is 16.1 Å². The van der Waals surface area contributed by atoms with E-state index in [2.05, 4.69) is 96.7 Å². The summed E-state index contributed by atoms with van der Waals surface area (Å²) in [4.78, 5) is 13.0. The standard InChI is InChI=1S/C19H24N2O3P.C17H19N2.C2HF3O2.HI/c1-13-7-9-15-17(11-13)21(4)18-12-14(20(2)3)8-10-16(18)19(15)25(22,23-5)24-6;1-12-5-6-13-10-14-7-8-15(18(2)3)11-17(14)19(4)16(13)9-12;3-2(4,5)1(6)7;/h7-12H,1-6H3;5-11H,1-4H3;(H,6,7);1H/q2*+1;;/p-2. The lowest BCUT2D eigenvalue weighted by atomic mass is 10.1. The normalized spacial score (nSPS) is 11.4. The van der Waals surface area contributed by atoms with Gasteiger partial charge in [0.15, 0.2) is 0 Å². The first-order valence-corrected chi connectivity index (χ1v) is 17.4. The molecule has 2 aromatic heterocycles. The molecular weight excluding hydrogens is 807 g/mol. The Kier molecular flexibility index (Phi) is 13.6. The second kappa shape index (κ2) is 16.7. The molecule has 0 fully saturated rings. The highest BCUT2D eigenvalue weighted by molar-refractivity contribution is 7.63. The van der Waals surface area contributed by atoms with Crippen molar-refractivity contribution in [2.45, 2.75) is 20.0 Å². The number of fused-ring (bicyclic) bond motifs is 4. The predicted molar refractivity (Wildman–Crippen MR) is 196 cm³/mol. The molecule has 52 heavy (non-hydrogen) atoms. The van der Waals surface area contributed by atoms with Crippen molar-refractivity contribution in [3.8, 4) is 0 Å². The molecule has 6 aromatic rings. The van der Waals surface area contributed by atoms with Gasteiger partial charge in [-0.3, -0.25) is 4.57 Å². The van der Waals surface area contributed by atoms with Crippen molar-refractivity contribution >= 4 is 73.9 Å². The lowest BCUT2D eigenvalue weighted by Gasteiger charge is -2.19. The maximum atomic E-state index is 13.3. The van der Waals surface area contributed by atoms with E-state index in [0.29, 0.717) is 5.30 Å². The average molecular weight is 851 g/mol. The Balaban J connectivity index is 0.000000239. The summed E-state index contributed by atoms with van der Waals surface area (Å²) in [5, 5.41) is 13.7. The van der Waals surface area contributed by atoms with E-state index in [1.807, 2.05) is 57.2 Å². The number of benzene rings is 4. The van der Waals surface area contributed by atoms with Crippen LogP contribution < -0.4 is 53.3 Å². The maximum Gasteiger partial charge on any atom is 0.430 e. The fraction of sp³-hybridized carbons (Fsp3) is 0.289. The van der Waals surface area contributed by atoms with E-state index in [9.17, 15) is 17.7 Å². The first-order chi connectivity index (χ1) is 23.8. The SMILES string of the molecule is COP(=O)(OC)c1c2ccc(C)cc2[n+](C)c2cc(N(C)C)ccc12.Cc1ccc2cc3ccc(N(C)C)cc3[n+](C)c2c1.O=C([O-])C(F)(F)F.[I-]. The molecule has 0 radical (unpaired) electrons. The van der Waals surface area contributed by atoms with Crippen molar-refractivity contribution in [3.63, 3.8) is 0 Å². The molecule has 14 heteroatoms. The van der Waals surface area contributed by atoms with Gasteiger partial charge in [0, 0.05) is 88.8 Å². The third-order valence-corrected chi connectivity index (χ3v) is 10.6. The predicted octanol–water partition coefficient (Wildman–Crippen LogP) is 2.80. The number of rotatable bonds is 5. The van der Waals surface area contributed by atoms with Crippen molar-refractivity contribution in [2.75, 3.05) is 52.2 Å². The fourth-order valence-corrected chi connectivity index (χ4v) is 7.29. The third kappa shape index (κ3) is 8.94. The summed E-state index contributed by atoms with van der Waals surface area (Å²) in [6.45, 7) is 4.19. The Hall–Kier alpha value is -4.04. The highest BCUT2D eigenvalue weighted by Gasteiger charge is 2.33. The number of anilines is 2. The molecule has 0 atom stereocenters. The molecule has 0 aliphatic heterocycles. The molecule has 2 heterocycles. The maximum absolute atomic E-state index is 13.3. The molecular formula is C38H43F3IN4O5P. The van der Waals surface area contributed by atoms with Crippen LogP contribution in [0.5, 0.6) is 0 Å². The largest absolute Gasteiger partial charge is 1.00 e. The number of hydrogen-bond acceptors (Lipinski definition) is 7. The lowest BCUT2D eigenvalue weighted by molar-refractivity contribution is -0.617. The minimum Gasteiger partial charge on any atom is -1.00 e. The first kappa shape index (κ1) is 42.4. The minimum atomic E-state index is -5.19. The Labute approximate surface area is 318 Å². The van der Waals surface area contributed by atoms with Gasteiger partial charge in [-0.15, -0.1) is 0 Å². The zero-order valence-electron chi connectivity index (χ0n) is 30.8.